The van der Waals surface area contributed by atoms with E-state index in [1.807, 2.05) is 0 Å². The zero-order valence-electron chi connectivity index (χ0n) is 10.2. The molecular formula is C14H19ClFN. The zero-order valence-corrected chi connectivity index (χ0v) is 10.9. The van der Waals surface area contributed by atoms with E-state index >= 15 is 0 Å². The van der Waals surface area contributed by atoms with Crippen molar-refractivity contribution in [3.05, 3.63) is 34.6 Å². The molecule has 17 heavy (non-hydrogen) atoms. The third kappa shape index (κ3) is 3.43. The minimum Gasteiger partial charge on any atom is -0.307 e. The summed E-state index contributed by atoms with van der Waals surface area (Å²) in [5.74, 6) is -0.274. The maximum atomic E-state index is 13.0. The number of halogens is 2. The average molecular weight is 256 g/mol. The molecule has 1 fully saturated rings. The van der Waals surface area contributed by atoms with Crippen LogP contribution in [0, 0.1) is 5.82 Å². The first-order valence-electron chi connectivity index (χ1n) is 6.38. The maximum Gasteiger partial charge on any atom is 0.124 e. The van der Waals surface area contributed by atoms with Crippen LogP contribution in [0.15, 0.2) is 18.2 Å². The van der Waals surface area contributed by atoms with Crippen molar-refractivity contribution in [2.45, 2.75) is 51.1 Å². The van der Waals surface area contributed by atoms with E-state index in [1.165, 1.54) is 44.2 Å². The van der Waals surface area contributed by atoms with Crippen LogP contribution in [0.3, 0.4) is 0 Å². The summed E-state index contributed by atoms with van der Waals surface area (Å²) in [4.78, 5) is 0. The molecule has 0 spiro atoms. The second kappa shape index (κ2) is 5.83. The fraction of sp³-hybridized carbons (Fsp3) is 0.571. The highest BCUT2D eigenvalue weighted by atomic mass is 35.5. The molecule has 3 heteroatoms. The topological polar surface area (TPSA) is 12.0 Å². The van der Waals surface area contributed by atoms with Crippen molar-refractivity contribution in [2.75, 3.05) is 0 Å². The highest BCUT2D eigenvalue weighted by Crippen LogP contribution is 2.26. The van der Waals surface area contributed by atoms with E-state index in [1.54, 1.807) is 6.07 Å². The molecule has 0 bridgehead atoms. The first-order valence-corrected chi connectivity index (χ1v) is 6.75. The molecule has 1 nitrogen and oxygen atoms in total. The van der Waals surface area contributed by atoms with Gasteiger partial charge < -0.3 is 5.32 Å². The molecule has 1 aliphatic rings. The van der Waals surface area contributed by atoms with Crippen molar-refractivity contribution in [3.63, 3.8) is 0 Å². The lowest BCUT2D eigenvalue weighted by atomic mass is 9.94. The van der Waals surface area contributed by atoms with Crippen molar-refractivity contribution in [1.29, 1.82) is 0 Å². The summed E-state index contributed by atoms with van der Waals surface area (Å²) in [5, 5.41) is 4.10. The lowest BCUT2D eigenvalue weighted by molar-refractivity contribution is 0.347. The standard InChI is InChI=1S/C14H19ClFN/c1-10(17-12-5-3-2-4-6-12)13-8-7-11(16)9-14(13)15/h7-10,12,17H,2-6H2,1H3. The summed E-state index contributed by atoms with van der Waals surface area (Å²) in [5.41, 5.74) is 0.985. The second-order valence-electron chi connectivity index (χ2n) is 4.89. The lowest BCUT2D eigenvalue weighted by Crippen LogP contribution is -2.33. The largest absolute Gasteiger partial charge is 0.307 e. The zero-order chi connectivity index (χ0) is 12.3. The van der Waals surface area contributed by atoms with Gasteiger partial charge in [0.05, 0.1) is 0 Å². The van der Waals surface area contributed by atoms with Gasteiger partial charge in [0.15, 0.2) is 0 Å². The molecule has 1 unspecified atom stereocenters. The van der Waals surface area contributed by atoms with Crippen molar-refractivity contribution in [1.82, 2.24) is 5.32 Å². The minimum atomic E-state index is -0.274. The summed E-state index contributed by atoms with van der Waals surface area (Å²) < 4.78 is 13.0. The molecule has 1 aromatic carbocycles. The Labute approximate surface area is 107 Å². The Hall–Kier alpha value is -0.600. The number of benzene rings is 1. The first-order chi connectivity index (χ1) is 8.16. The third-order valence-corrected chi connectivity index (χ3v) is 3.85. The number of nitrogens with one attached hydrogen (secondary N) is 1. The summed E-state index contributed by atoms with van der Waals surface area (Å²) in [6, 6.07) is 5.40. The number of rotatable bonds is 3. The average Bonchev–Trinajstić information content (AvgIpc) is 2.30. The van der Waals surface area contributed by atoms with Crippen molar-refractivity contribution >= 4 is 11.6 Å². The molecule has 1 saturated carbocycles. The summed E-state index contributed by atoms with van der Waals surface area (Å²) >= 11 is 6.06. The highest BCUT2D eigenvalue weighted by molar-refractivity contribution is 6.31. The normalized spacial score (nSPS) is 19.2. The fourth-order valence-electron chi connectivity index (χ4n) is 2.57. The van der Waals surface area contributed by atoms with Gasteiger partial charge in [-0.05, 0) is 37.5 Å². The molecule has 2 rings (SSSR count). The minimum absolute atomic E-state index is 0.186. The molecule has 0 amide bonds. The molecule has 0 aliphatic heterocycles. The van der Waals surface area contributed by atoms with Gasteiger partial charge in [-0.3, -0.25) is 0 Å². The van der Waals surface area contributed by atoms with Crippen LogP contribution in [0.5, 0.6) is 0 Å². The SMILES string of the molecule is CC(NC1CCCCC1)c1ccc(F)cc1Cl. The van der Waals surface area contributed by atoms with E-state index < -0.39 is 0 Å². The first kappa shape index (κ1) is 12.8. The summed E-state index contributed by atoms with van der Waals surface area (Å²) in [6.07, 6.45) is 6.44. The second-order valence-corrected chi connectivity index (χ2v) is 5.30. The van der Waals surface area contributed by atoms with Gasteiger partial charge in [0.1, 0.15) is 5.82 Å². The molecule has 1 N–H and O–H groups in total. The van der Waals surface area contributed by atoms with Crippen LogP contribution >= 0.6 is 11.6 Å². The molecule has 1 aromatic rings. The Balaban J connectivity index is 2.00. The van der Waals surface area contributed by atoms with E-state index in [-0.39, 0.29) is 11.9 Å². The van der Waals surface area contributed by atoms with Crippen molar-refractivity contribution < 1.29 is 4.39 Å². The van der Waals surface area contributed by atoms with E-state index in [0.717, 1.165) is 5.56 Å². The van der Waals surface area contributed by atoms with Crippen LogP contribution in [-0.4, -0.2) is 6.04 Å². The highest BCUT2D eigenvalue weighted by Gasteiger charge is 2.17. The maximum absolute atomic E-state index is 13.0. The molecule has 1 atom stereocenters. The lowest BCUT2D eigenvalue weighted by Gasteiger charge is -2.27. The summed E-state index contributed by atoms with van der Waals surface area (Å²) in [6.45, 7) is 2.09. The van der Waals surface area contributed by atoms with E-state index in [2.05, 4.69) is 12.2 Å². The van der Waals surface area contributed by atoms with Crippen LogP contribution < -0.4 is 5.32 Å². The predicted octanol–water partition coefficient (Wildman–Crippen LogP) is 4.46. The van der Waals surface area contributed by atoms with Gasteiger partial charge in [0.2, 0.25) is 0 Å². The van der Waals surface area contributed by atoms with Gasteiger partial charge in [-0.1, -0.05) is 36.9 Å². The van der Waals surface area contributed by atoms with E-state index in [4.69, 9.17) is 11.6 Å². The number of hydrogen-bond acceptors (Lipinski definition) is 1. The monoisotopic (exact) mass is 255 g/mol. The van der Waals surface area contributed by atoms with Gasteiger partial charge in [-0.25, -0.2) is 4.39 Å². The van der Waals surface area contributed by atoms with Crippen LogP contribution in [0.25, 0.3) is 0 Å². The molecule has 0 aromatic heterocycles. The van der Waals surface area contributed by atoms with Gasteiger partial charge in [-0.15, -0.1) is 0 Å². The molecule has 0 radical (unpaired) electrons. The van der Waals surface area contributed by atoms with Crippen LogP contribution in [0.4, 0.5) is 4.39 Å². The molecule has 1 aliphatic carbocycles. The van der Waals surface area contributed by atoms with E-state index in [0.29, 0.717) is 11.1 Å². The number of hydrogen-bond donors (Lipinski definition) is 1. The Morgan fingerprint density at radius 3 is 2.65 bits per heavy atom. The molecule has 0 saturated heterocycles. The van der Waals surface area contributed by atoms with Crippen LogP contribution in [0.2, 0.25) is 5.02 Å². The van der Waals surface area contributed by atoms with Gasteiger partial charge in [0, 0.05) is 17.1 Å². The molecular weight excluding hydrogens is 237 g/mol. The smallest absolute Gasteiger partial charge is 0.124 e. The van der Waals surface area contributed by atoms with Gasteiger partial charge in [-0.2, -0.15) is 0 Å². The Morgan fingerprint density at radius 1 is 1.29 bits per heavy atom. The van der Waals surface area contributed by atoms with Crippen molar-refractivity contribution in [2.24, 2.45) is 0 Å². The Bertz CT molecular complexity index is 374. The van der Waals surface area contributed by atoms with Crippen LogP contribution in [-0.2, 0) is 0 Å². The van der Waals surface area contributed by atoms with Crippen molar-refractivity contribution in [3.8, 4) is 0 Å². The Morgan fingerprint density at radius 2 is 2.00 bits per heavy atom. The van der Waals surface area contributed by atoms with Gasteiger partial charge >= 0.3 is 0 Å². The third-order valence-electron chi connectivity index (χ3n) is 3.52. The summed E-state index contributed by atoms with van der Waals surface area (Å²) in [7, 11) is 0. The molecule has 0 heterocycles. The van der Waals surface area contributed by atoms with Gasteiger partial charge in [0.25, 0.3) is 0 Å². The quantitative estimate of drug-likeness (QED) is 0.841. The van der Waals surface area contributed by atoms with E-state index in [9.17, 15) is 4.39 Å². The predicted molar refractivity (Wildman–Crippen MR) is 69.8 cm³/mol. The molecule has 94 valence electrons. The van der Waals surface area contributed by atoms with Crippen LogP contribution in [0.1, 0.15) is 50.6 Å². The fourth-order valence-corrected chi connectivity index (χ4v) is 2.90. The Kier molecular flexibility index (Phi) is 4.41.